The summed E-state index contributed by atoms with van der Waals surface area (Å²) in [5, 5.41) is 5.01. The Balaban J connectivity index is 1.30. The van der Waals surface area contributed by atoms with Crippen molar-refractivity contribution in [3.05, 3.63) is 200 Å². The molecule has 0 saturated carbocycles. The monoisotopic (exact) mass is 672 g/mol. The van der Waals surface area contributed by atoms with Crippen LogP contribution < -0.4 is 26.2 Å². The van der Waals surface area contributed by atoms with Crippen LogP contribution >= 0.6 is 0 Å². The van der Waals surface area contributed by atoms with Crippen molar-refractivity contribution in [1.82, 2.24) is 0 Å². The van der Waals surface area contributed by atoms with Gasteiger partial charge in [-0.25, -0.2) is 0 Å². The fourth-order valence-electron chi connectivity index (χ4n) is 9.11. The summed E-state index contributed by atoms with van der Waals surface area (Å²) in [7, 11) is 0. The lowest BCUT2D eigenvalue weighted by atomic mass is 9.33. The standard InChI is InChI=1S/C50H33BN2/c1-4-18-34(19-5-1)48-38-24-10-12-26-40(38)49(41-27-13-11-25-39(41)48)35-32-46-50-47(33-35)53(37-22-8-3-9-23-37)45-31-17-15-29-43(45)51(50)42-28-14-16-30-44(42)52(46)36-20-6-2-7-21-36/h1-33H. The van der Waals surface area contributed by atoms with Crippen LogP contribution in [-0.2, 0) is 0 Å². The van der Waals surface area contributed by atoms with Gasteiger partial charge in [-0.15, -0.1) is 0 Å². The summed E-state index contributed by atoms with van der Waals surface area (Å²) in [4.78, 5) is 4.99. The van der Waals surface area contributed by atoms with E-state index in [1.165, 1.54) is 82.9 Å². The van der Waals surface area contributed by atoms with Gasteiger partial charge in [0.1, 0.15) is 0 Å². The van der Waals surface area contributed by atoms with Gasteiger partial charge in [0, 0.05) is 34.1 Å². The molecule has 2 nitrogen and oxygen atoms in total. The second-order valence-corrected chi connectivity index (χ2v) is 14.0. The minimum absolute atomic E-state index is 0.0790. The number of rotatable bonds is 4. The zero-order chi connectivity index (χ0) is 34.9. The van der Waals surface area contributed by atoms with Gasteiger partial charge in [0.25, 0.3) is 6.71 Å². The molecule has 3 heteroatoms. The highest BCUT2D eigenvalue weighted by molar-refractivity contribution is 7.00. The normalized spacial score (nSPS) is 12.8. The van der Waals surface area contributed by atoms with Crippen LogP contribution in [0.1, 0.15) is 0 Å². The Bertz CT molecular complexity index is 2680. The van der Waals surface area contributed by atoms with Crippen molar-refractivity contribution >= 4 is 78.8 Å². The van der Waals surface area contributed by atoms with E-state index in [1.54, 1.807) is 0 Å². The molecule has 11 rings (SSSR count). The van der Waals surface area contributed by atoms with Crippen molar-refractivity contribution in [1.29, 1.82) is 0 Å². The third kappa shape index (κ3) is 4.47. The molecule has 0 saturated heterocycles. The topological polar surface area (TPSA) is 6.48 Å². The summed E-state index contributed by atoms with van der Waals surface area (Å²) in [6.07, 6.45) is 0. The molecule has 53 heavy (non-hydrogen) atoms. The van der Waals surface area contributed by atoms with Crippen molar-refractivity contribution in [3.63, 3.8) is 0 Å². The van der Waals surface area contributed by atoms with Gasteiger partial charge in [-0.05, 0) is 109 Å². The molecule has 0 fully saturated rings. The summed E-state index contributed by atoms with van der Waals surface area (Å²) < 4.78 is 0. The lowest BCUT2D eigenvalue weighted by Crippen LogP contribution is -2.61. The van der Waals surface area contributed by atoms with Crippen LogP contribution in [0, 0.1) is 0 Å². The van der Waals surface area contributed by atoms with Gasteiger partial charge >= 0.3 is 0 Å². The minimum atomic E-state index is 0.0790. The molecule has 0 radical (unpaired) electrons. The average molecular weight is 673 g/mol. The number of hydrogen-bond acceptors (Lipinski definition) is 2. The van der Waals surface area contributed by atoms with Crippen LogP contribution in [0.2, 0.25) is 0 Å². The molecule has 9 aromatic carbocycles. The number of nitrogens with zero attached hydrogens (tertiary/aromatic N) is 2. The number of anilines is 6. The highest BCUT2D eigenvalue weighted by atomic mass is 15.2. The van der Waals surface area contributed by atoms with Gasteiger partial charge in [0.15, 0.2) is 0 Å². The molecule has 0 bridgehead atoms. The maximum atomic E-state index is 2.49. The molecule has 2 aliphatic heterocycles. The van der Waals surface area contributed by atoms with Gasteiger partial charge < -0.3 is 9.80 Å². The average Bonchev–Trinajstić information content (AvgIpc) is 3.23. The first-order valence-electron chi connectivity index (χ1n) is 18.4. The molecule has 0 atom stereocenters. The quantitative estimate of drug-likeness (QED) is 0.136. The predicted molar refractivity (Wildman–Crippen MR) is 226 cm³/mol. The Morgan fingerprint density at radius 1 is 0.302 bits per heavy atom. The van der Waals surface area contributed by atoms with E-state index in [0.717, 1.165) is 11.4 Å². The Hall–Kier alpha value is -6.84. The summed E-state index contributed by atoms with van der Waals surface area (Å²) in [6.45, 7) is 0.0790. The van der Waals surface area contributed by atoms with Gasteiger partial charge in [-0.1, -0.05) is 152 Å². The van der Waals surface area contributed by atoms with E-state index >= 15 is 0 Å². The first-order chi connectivity index (χ1) is 26.3. The van der Waals surface area contributed by atoms with Gasteiger partial charge in [0.05, 0.1) is 0 Å². The highest BCUT2D eigenvalue weighted by Gasteiger charge is 2.43. The third-order valence-electron chi connectivity index (χ3n) is 11.2. The largest absolute Gasteiger partial charge is 0.311 e. The minimum Gasteiger partial charge on any atom is -0.311 e. The van der Waals surface area contributed by atoms with Crippen molar-refractivity contribution in [2.45, 2.75) is 0 Å². The molecule has 0 unspecified atom stereocenters. The number of hydrogen-bond donors (Lipinski definition) is 0. The SMILES string of the molecule is c1ccc(-c2c3ccccc3c(-c3cc4c5c(c3)N(c3ccccc3)c3ccccc3B5c3ccccc3N4c3ccccc3)c3ccccc23)cc1. The summed E-state index contributed by atoms with van der Waals surface area (Å²) in [5.74, 6) is 0. The zero-order valence-corrected chi connectivity index (χ0v) is 29.0. The van der Waals surface area contributed by atoms with E-state index in [9.17, 15) is 0 Å². The summed E-state index contributed by atoms with van der Waals surface area (Å²) >= 11 is 0. The number of benzene rings is 9. The van der Waals surface area contributed by atoms with Crippen LogP contribution in [0.5, 0.6) is 0 Å². The van der Waals surface area contributed by atoms with E-state index in [1.807, 2.05) is 0 Å². The van der Waals surface area contributed by atoms with E-state index < -0.39 is 0 Å². The fraction of sp³-hybridized carbons (Fsp3) is 0. The Labute approximate surface area is 309 Å². The maximum absolute atomic E-state index is 2.49. The molecule has 0 amide bonds. The van der Waals surface area contributed by atoms with E-state index in [2.05, 4.69) is 210 Å². The Morgan fingerprint density at radius 2 is 0.660 bits per heavy atom. The fourth-order valence-corrected chi connectivity index (χ4v) is 9.11. The molecule has 9 aromatic rings. The lowest BCUT2D eigenvalue weighted by molar-refractivity contribution is 1.25. The molecule has 0 aromatic heterocycles. The van der Waals surface area contributed by atoms with Crippen molar-refractivity contribution in [3.8, 4) is 22.3 Å². The van der Waals surface area contributed by atoms with Gasteiger partial charge in [-0.3, -0.25) is 0 Å². The van der Waals surface area contributed by atoms with Crippen molar-refractivity contribution in [2.75, 3.05) is 9.80 Å². The predicted octanol–water partition coefficient (Wildman–Crippen LogP) is 11.4. The second kappa shape index (κ2) is 11.9. The van der Waals surface area contributed by atoms with Crippen LogP contribution in [0.25, 0.3) is 43.8 Å². The Kier molecular flexibility index (Phi) is 6.68. The van der Waals surface area contributed by atoms with Crippen LogP contribution in [0.3, 0.4) is 0 Å². The van der Waals surface area contributed by atoms with Crippen LogP contribution in [0.4, 0.5) is 34.1 Å². The van der Waals surface area contributed by atoms with E-state index in [4.69, 9.17) is 0 Å². The molecule has 2 aliphatic rings. The molecule has 0 N–H and O–H groups in total. The molecule has 0 spiro atoms. The van der Waals surface area contributed by atoms with Crippen molar-refractivity contribution < 1.29 is 0 Å². The van der Waals surface area contributed by atoms with Gasteiger partial charge in [0.2, 0.25) is 0 Å². The molecular formula is C50H33BN2. The first kappa shape index (κ1) is 29.9. The molecule has 0 aliphatic carbocycles. The lowest BCUT2D eigenvalue weighted by Gasteiger charge is -2.44. The number of fused-ring (bicyclic) bond motifs is 6. The van der Waals surface area contributed by atoms with Crippen LogP contribution in [-0.4, -0.2) is 6.71 Å². The summed E-state index contributed by atoms with van der Waals surface area (Å²) in [6, 6.07) is 73.5. The molecule has 2 heterocycles. The highest BCUT2D eigenvalue weighted by Crippen LogP contribution is 2.49. The van der Waals surface area contributed by atoms with Gasteiger partial charge in [-0.2, -0.15) is 0 Å². The van der Waals surface area contributed by atoms with Crippen molar-refractivity contribution in [2.24, 2.45) is 0 Å². The Morgan fingerprint density at radius 3 is 1.11 bits per heavy atom. The number of para-hydroxylation sites is 4. The summed E-state index contributed by atoms with van der Waals surface area (Å²) in [5.41, 5.74) is 16.1. The third-order valence-corrected chi connectivity index (χ3v) is 11.2. The zero-order valence-electron chi connectivity index (χ0n) is 29.0. The molecular weight excluding hydrogens is 639 g/mol. The second-order valence-electron chi connectivity index (χ2n) is 14.0. The maximum Gasteiger partial charge on any atom is 0.252 e. The smallest absolute Gasteiger partial charge is 0.252 e. The van der Waals surface area contributed by atoms with E-state index in [-0.39, 0.29) is 6.71 Å². The van der Waals surface area contributed by atoms with E-state index in [0.29, 0.717) is 0 Å². The molecule has 246 valence electrons. The first-order valence-corrected chi connectivity index (χ1v) is 18.4. The van der Waals surface area contributed by atoms with Crippen LogP contribution in [0.15, 0.2) is 200 Å².